The number of allylic oxidation sites excluding steroid dienone is 2. The van der Waals surface area contributed by atoms with Crippen molar-refractivity contribution in [3.05, 3.63) is 40.1 Å². The minimum atomic E-state index is -0.673. The summed E-state index contributed by atoms with van der Waals surface area (Å²) < 4.78 is 4.56. The van der Waals surface area contributed by atoms with Gasteiger partial charge < -0.3 is 9.52 Å². The lowest BCUT2D eigenvalue weighted by atomic mass is 10.0. The van der Waals surface area contributed by atoms with Crippen LogP contribution in [0.15, 0.2) is 33.4 Å². The maximum Gasteiger partial charge on any atom is 0.343 e. The third kappa shape index (κ3) is 1.90. The average Bonchev–Trinajstić information content (AvgIpc) is 2.07. The van der Waals surface area contributed by atoms with E-state index in [1.165, 1.54) is 32.2 Å². The van der Waals surface area contributed by atoms with Gasteiger partial charge in [-0.25, -0.2) is 4.79 Å². The molecule has 0 radical (unpaired) electrons. The molecule has 0 aliphatic carbocycles. The van der Waals surface area contributed by atoms with E-state index in [1.807, 2.05) is 0 Å². The van der Waals surface area contributed by atoms with Crippen LogP contribution in [0.4, 0.5) is 0 Å². The normalized spacial score (nSPS) is 12.1. The molecule has 1 aromatic heterocycles. The SMILES string of the molecule is CC(=O)/C(=C(/C)[O-])c1cccoc1=O. The summed E-state index contributed by atoms with van der Waals surface area (Å²) in [7, 11) is 0. The van der Waals surface area contributed by atoms with Gasteiger partial charge >= 0.3 is 5.63 Å². The third-order valence-corrected chi connectivity index (χ3v) is 1.71. The Morgan fingerprint density at radius 1 is 1.43 bits per heavy atom. The Hall–Kier alpha value is -1.84. The Morgan fingerprint density at radius 3 is 2.50 bits per heavy atom. The number of carbonyl (C=O) groups is 1. The summed E-state index contributed by atoms with van der Waals surface area (Å²) in [6.45, 7) is 2.48. The van der Waals surface area contributed by atoms with Gasteiger partial charge in [0.2, 0.25) is 0 Å². The maximum atomic E-state index is 11.2. The van der Waals surface area contributed by atoms with Crippen LogP contribution >= 0.6 is 0 Å². The fourth-order valence-electron chi connectivity index (χ4n) is 1.18. The molecular formula is C10H9O4-. The Morgan fingerprint density at radius 2 is 2.07 bits per heavy atom. The molecular weight excluding hydrogens is 184 g/mol. The smallest absolute Gasteiger partial charge is 0.343 e. The van der Waals surface area contributed by atoms with Crippen LogP contribution in [0.2, 0.25) is 0 Å². The first-order valence-electron chi connectivity index (χ1n) is 4.01. The van der Waals surface area contributed by atoms with Crippen LogP contribution < -0.4 is 10.7 Å². The van der Waals surface area contributed by atoms with Gasteiger partial charge in [-0.2, -0.15) is 0 Å². The molecule has 0 amide bonds. The molecule has 1 aromatic rings. The Kier molecular flexibility index (Phi) is 2.86. The molecule has 0 aromatic carbocycles. The van der Waals surface area contributed by atoms with Gasteiger partial charge in [-0.15, -0.1) is 5.76 Å². The predicted octanol–water partition coefficient (Wildman–Crippen LogP) is 0.320. The second kappa shape index (κ2) is 3.91. The number of ketones is 1. The molecule has 0 spiro atoms. The van der Waals surface area contributed by atoms with Crippen LogP contribution in [-0.2, 0) is 4.79 Å². The lowest BCUT2D eigenvalue weighted by Gasteiger charge is -2.11. The van der Waals surface area contributed by atoms with Crippen molar-refractivity contribution in [3.8, 4) is 0 Å². The molecule has 0 saturated carbocycles. The molecule has 74 valence electrons. The largest absolute Gasteiger partial charge is 0.875 e. The summed E-state index contributed by atoms with van der Waals surface area (Å²) in [5.41, 5.74) is -0.764. The Balaban J connectivity index is 3.43. The van der Waals surface area contributed by atoms with Gasteiger partial charge in [-0.05, 0) is 19.1 Å². The quantitative estimate of drug-likeness (QED) is 0.501. The number of carbonyl (C=O) groups excluding carboxylic acids is 1. The summed E-state index contributed by atoms with van der Waals surface area (Å²) >= 11 is 0. The molecule has 0 N–H and O–H groups in total. The molecule has 1 rings (SSSR count). The van der Waals surface area contributed by atoms with Gasteiger partial charge in [0.05, 0.1) is 11.8 Å². The van der Waals surface area contributed by atoms with Crippen molar-refractivity contribution in [1.82, 2.24) is 0 Å². The topological polar surface area (TPSA) is 70.3 Å². The van der Waals surface area contributed by atoms with Crippen LogP contribution in [-0.4, -0.2) is 5.78 Å². The number of hydrogen-bond donors (Lipinski definition) is 0. The van der Waals surface area contributed by atoms with Crippen LogP contribution in [0.3, 0.4) is 0 Å². The summed E-state index contributed by atoms with van der Waals surface area (Å²) in [5.74, 6) is -0.869. The predicted molar refractivity (Wildman–Crippen MR) is 48.3 cm³/mol. The van der Waals surface area contributed by atoms with Gasteiger partial charge in [0.25, 0.3) is 0 Å². The zero-order valence-corrected chi connectivity index (χ0v) is 7.87. The fourth-order valence-corrected chi connectivity index (χ4v) is 1.18. The van der Waals surface area contributed by atoms with Crippen molar-refractivity contribution in [3.63, 3.8) is 0 Å². The minimum Gasteiger partial charge on any atom is -0.875 e. The van der Waals surface area contributed by atoms with E-state index in [2.05, 4.69) is 4.42 Å². The summed E-state index contributed by atoms with van der Waals surface area (Å²) in [6.07, 6.45) is 1.20. The van der Waals surface area contributed by atoms with Crippen molar-refractivity contribution < 1.29 is 14.3 Å². The lowest BCUT2D eigenvalue weighted by Crippen LogP contribution is -2.15. The van der Waals surface area contributed by atoms with Crippen molar-refractivity contribution in [2.24, 2.45) is 0 Å². The van der Waals surface area contributed by atoms with E-state index in [9.17, 15) is 14.7 Å². The molecule has 14 heavy (non-hydrogen) atoms. The van der Waals surface area contributed by atoms with Gasteiger partial charge in [0.15, 0.2) is 5.78 Å². The summed E-state index contributed by atoms with van der Waals surface area (Å²) in [6, 6.07) is 2.85. The monoisotopic (exact) mass is 193 g/mol. The van der Waals surface area contributed by atoms with E-state index in [-0.39, 0.29) is 11.1 Å². The molecule has 0 bridgehead atoms. The first-order valence-corrected chi connectivity index (χ1v) is 4.01. The van der Waals surface area contributed by atoms with E-state index in [0.29, 0.717) is 0 Å². The van der Waals surface area contributed by atoms with E-state index in [4.69, 9.17) is 0 Å². The van der Waals surface area contributed by atoms with Gasteiger partial charge in [0, 0.05) is 5.57 Å². The second-order valence-corrected chi connectivity index (χ2v) is 2.80. The van der Waals surface area contributed by atoms with Crippen LogP contribution in [0, 0.1) is 0 Å². The first-order chi connectivity index (χ1) is 6.54. The number of rotatable bonds is 2. The zero-order valence-electron chi connectivity index (χ0n) is 7.87. The molecule has 0 aliphatic rings. The lowest BCUT2D eigenvalue weighted by molar-refractivity contribution is -0.300. The molecule has 4 heteroatoms. The van der Waals surface area contributed by atoms with E-state index >= 15 is 0 Å². The zero-order chi connectivity index (χ0) is 10.7. The number of hydrogen-bond acceptors (Lipinski definition) is 4. The van der Waals surface area contributed by atoms with E-state index < -0.39 is 17.2 Å². The molecule has 0 aliphatic heterocycles. The number of Topliss-reactive ketones (excluding diaryl/α,β-unsaturated/α-hetero) is 1. The highest BCUT2D eigenvalue weighted by molar-refractivity contribution is 6.19. The molecule has 0 unspecified atom stereocenters. The molecule has 0 fully saturated rings. The van der Waals surface area contributed by atoms with Gasteiger partial charge in [0.1, 0.15) is 0 Å². The highest BCUT2D eigenvalue weighted by atomic mass is 16.4. The van der Waals surface area contributed by atoms with Crippen molar-refractivity contribution >= 4 is 11.4 Å². The third-order valence-electron chi connectivity index (χ3n) is 1.71. The van der Waals surface area contributed by atoms with Crippen LogP contribution in [0.5, 0.6) is 0 Å². The van der Waals surface area contributed by atoms with E-state index in [1.54, 1.807) is 0 Å². The summed E-state index contributed by atoms with van der Waals surface area (Å²) in [4.78, 5) is 22.3. The van der Waals surface area contributed by atoms with Crippen molar-refractivity contribution in [1.29, 1.82) is 0 Å². The van der Waals surface area contributed by atoms with E-state index in [0.717, 1.165) is 0 Å². The fraction of sp³-hybridized carbons (Fsp3) is 0.200. The minimum absolute atomic E-state index is 0.0208. The average molecular weight is 193 g/mol. The maximum absolute atomic E-state index is 11.2. The highest BCUT2D eigenvalue weighted by Gasteiger charge is 2.11. The second-order valence-electron chi connectivity index (χ2n) is 2.80. The molecule has 0 saturated heterocycles. The molecule has 4 nitrogen and oxygen atoms in total. The Bertz CT molecular complexity index is 435. The first kappa shape index (κ1) is 10.2. The van der Waals surface area contributed by atoms with Gasteiger partial charge in [-0.1, -0.05) is 6.92 Å². The molecule has 1 heterocycles. The Labute approximate surface area is 80.5 Å². The van der Waals surface area contributed by atoms with Crippen LogP contribution in [0.25, 0.3) is 5.57 Å². The van der Waals surface area contributed by atoms with Crippen molar-refractivity contribution in [2.45, 2.75) is 13.8 Å². The van der Waals surface area contributed by atoms with Crippen molar-refractivity contribution in [2.75, 3.05) is 0 Å². The van der Waals surface area contributed by atoms with Crippen LogP contribution in [0.1, 0.15) is 19.4 Å². The highest BCUT2D eigenvalue weighted by Crippen LogP contribution is 2.13. The standard InChI is InChI=1S/C10H10O4/c1-6(11)9(7(2)12)8-4-3-5-14-10(8)13/h3-5,11H,1-2H3/p-1/b9-6+. The van der Waals surface area contributed by atoms with Gasteiger partial charge in [-0.3, -0.25) is 4.79 Å². The summed E-state index contributed by atoms with van der Waals surface area (Å²) in [5, 5.41) is 11.1. The molecule has 0 atom stereocenters.